The highest BCUT2D eigenvalue weighted by Crippen LogP contribution is 2.51. The van der Waals surface area contributed by atoms with E-state index >= 15 is 0 Å². The van der Waals surface area contributed by atoms with Crippen LogP contribution in [0, 0.1) is 0 Å². The molecule has 3 heteroatoms. The maximum atomic E-state index is 6.32. The Morgan fingerprint density at radius 3 is 1.64 bits per heavy atom. The summed E-state index contributed by atoms with van der Waals surface area (Å²) in [6, 6.07) is 83.9. The third-order valence-corrected chi connectivity index (χ3v) is 14.0. The first-order valence-corrected chi connectivity index (χ1v) is 22.8. The predicted octanol–water partition coefficient (Wildman–Crippen LogP) is 17.5. The highest BCUT2D eigenvalue weighted by atomic mass is 16.3. The first kappa shape index (κ1) is 38.1. The summed E-state index contributed by atoms with van der Waals surface area (Å²) in [5, 5.41) is 4.70. The molecule has 0 spiro atoms. The second-order valence-electron chi connectivity index (χ2n) is 18.1. The first-order chi connectivity index (χ1) is 32.5. The third kappa shape index (κ3) is 5.97. The molecule has 0 atom stereocenters. The lowest BCUT2D eigenvalue weighted by Gasteiger charge is -2.28. The van der Waals surface area contributed by atoms with Gasteiger partial charge < -0.3 is 13.9 Å². The summed E-state index contributed by atoms with van der Waals surface area (Å²) in [5.41, 5.74) is 21.0. The van der Waals surface area contributed by atoms with Crippen LogP contribution in [-0.2, 0) is 5.41 Å². The SMILES string of the molecule is CC1(C)c2ccccc2-c2ccc(N(c3ccc(-c4ccccc4)cc3)c3ccc(-c4ccc5c(c4)c4cc(-c6cccc7oc8ccccc8c67)ccc4n5-c4ccccc4)cc3)cc21. The first-order valence-electron chi connectivity index (χ1n) is 22.8. The summed E-state index contributed by atoms with van der Waals surface area (Å²) >= 11 is 0. The van der Waals surface area contributed by atoms with Crippen molar-refractivity contribution in [1.82, 2.24) is 4.57 Å². The lowest BCUT2D eigenvalue weighted by Crippen LogP contribution is -2.16. The van der Waals surface area contributed by atoms with Crippen molar-refractivity contribution in [2.75, 3.05) is 4.90 Å². The molecular weight excluding hydrogens is 801 g/mol. The van der Waals surface area contributed by atoms with Crippen molar-refractivity contribution in [3.63, 3.8) is 0 Å². The van der Waals surface area contributed by atoms with Gasteiger partial charge in [0.1, 0.15) is 11.2 Å². The van der Waals surface area contributed by atoms with Crippen LogP contribution in [0.15, 0.2) is 235 Å². The smallest absolute Gasteiger partial charge is 0.136 e. The van der Waals surface area contributed by atoms with E-state index in [0.29, 0.717) is 0 Å². The minimum absolute atomic E-state index is 0.112. The Balaban J connectivity index is 0.933. The average molecular weight is 845 g/mol. The molecule has 66 heavy (non-hydrogen) atoms. The standard InChI is InChI=1S/C63H44N2O/c1-63(2)56-21-11-9-18-51(56)52-35-34-49(40-57(52)63)64(47-30-24-42(25-31-47)41-14-5-3-6-15-41)48-32-26-43(27-33-48)44-28-36-58-54(38-44)55-39-45(29-37-59(55)65(58)46-16-7-4-8-17-46)50-20-13-23-61-62(50)53-19-10-12-22-60(53)66-61/h3-40H,1-2H3. The second-order valence-corrected chi connectivity index (χ2v) is 18.1. The maximum Gasteiger partial charge on any atom is 0.136 e. The maximum absolute atomic E-state index is 6.32. The number of hydrogen-bond acceptors (Lipinski definition) is 2. The fourth-order valence-electron chi connectivity index (χ4n) is 10.8. The number of furan rings is 1. The van der Waals surface area contributed by atoms with E-state index in [9.17, 15) is 0 Å². The van der Waals surface area contributed by atoms with Crippen molar-refractivity contribution in [2.45, 2.75) is 19.3 Å². The summed E-state index contributed by atoms with van der Waals surface area (Å²) in [6.07, 6.45) is 0. The van der Waals surface area contributed by atoms with Gasteiger partial charge in [-0.25, -0.2) is 0 Å². The van der Waals surface area contributed by atoms with Gasteiger partial charge in [0, 0.05) is 49.7 Å². The molecule has 2 heterocycles. The molecule has 0 N–H and O–H groups in total. The van der Waals surface area contributed by atoms with E-state index < -0.39 is 0 Å². The van der Waals surface area contributed by atoms with Crippen molar-refractivity contribution in [1.29, 1.82) is 0 Å². The van der Waals surface area contributed by atoms with E-state index in [1.54, 1.807) is 0 Å². The molecule has 0 unspecified atom stereocenters. The molecule has 312 valence electrons. The highest BCUT2D eigenvalue weighted by Gasteiger charge is 2.35. The van der Waals surface area contributed by atoms with Crippen LogP contribution < -0.4 is 4.90 Å². The van der Waals surface area contributed by atoms with E-state index in [1.807, 2.05) is 6.07 Å². The van der Waals surface area contributed by atoms with Crippen LogP contribution in [0.25, 0.3) is 93.9 Å². The van der Waals surface area contributed by atoms with E-state index in [2.05, 4.69) is 248 Å². The van der Waals surface area contributed by atoms with Crippen molar-refractivity contribution in [3.05, 3.63) is 242 Å². The topological polar surface area (TPSA) is 21.3 Å². The van der Waals surface area contributed by atoms with Gasteiger partial charge in [0.25, 0.3) is 0 Å². The minimum atomic E-state index is -0.112. The predicted molar refractivity (Wildman–Crippen MR) is 277 cm³/mol. The number of aromatic nitrogens is 1. The number of fused-ring (bicyclic) bond motifs is 9. The summed E-state index contributed by atoms with van der Waals surface area (Å²) < 4.78 is 8.72. The van der Waals surface area contributed by atoms with Crippen LogP contribution in [0.5, 0.6) is 0 Å². The van der Waals surface area contributed by atoms with E-state index in [1.165, 1.54) is 66.3 Å². The number of hydrogen-bond donors (Lipinski definition) is 0. The van der Waals surface area contributed by atoms with Gasteiger partial charge >= 0.3 is 0 Å². The van der Waals surface area contributed by atoms with Gasteiger partial charge in [-0.1, -0.05) is 159 Å². The Kier molecular flexibility index (Phi) is 8.56. The van der Waals surface area contributed by atoms with Crippen molar-refractivity contribution in [3.8, 4) is 50.2 Å². The molecule has 10 aromatic carbocycles. The molecule has 1 aliphatic rings. The van der Waals surface area contributed by atoms with E-state index in [-0.39, 0.29) is 5.41 Å². The minimum Gasteiger partial charge on any atom is -0.456 e. The molecule has 2 aromatic heterocycles. The van der Waals surface area contributed by atoms with Crippen molar-refractivity contribution < 1.29 is 4.42 Å². The van der Waals surface area contributed by atoms with Crippen molar-refractivity contribution >= 4 is 60.8 Å². The Bertz CT molecular complexity index is 3820. The van der Waals surface area contributed by atoms with Crippen LogP contribution >= 0.6 is 0 Å². The van der Waals surface area contributed by atoms with Gasteiger partial charge in [-0.15, -0.1) is 0 Å². The number of nitrogens with zero attached hydrogens (tertiary/aromatic N) is 2. The average Bonchev–Trinajstić information content (AvgIpc) is 4.00. The Morgan fingerprint density at radius 2 is 0.894 bits per heavy atom. The molecule has 1 aliphatic carbocycles. The van der Waals surface area contributed by atoms with Crippen LogP contribution in [0.3, 0.4) is 0 Å². The second kappa shape index (κ2) is 14.8. The molecular formula is C63H44N2O. The quantitative estimate of drug-likeness (QED) is 0.159. The molecule has 0 fully saturated rings. The van der Waals surface area contributed by atoms with E-state index in [0.717, 1.165) is 55.8 Å². The zero-order chi connectivity index (χ0) is 43.9. The Morgan fingerprint density at radius 1 is 0.364 bits per heavy atom. The summed E-state index contributed by atoms with van der Waals surface area (Å²) in [5.74, 6) is 0. The van der Waals surface area contributed by atoms with Gasteiger partial charge in [-0.2, -0.15) is 0 Å². The van der Waals surface area contributed by atoms with Crippen LogP contribution in [0.2, 0.25) is 0 Å². The third-order valence-electron chi connectivity index (χ3n) is 14.0. The molecule has 0 radical (unpaired) electrons. The van der Waals surface area contributed by atoms with Gasteiger partial charge in [-0.05, 0) is 141 Å². The monoisotopic (exact) mass is 844 g/mol. The van der Waals surface area contributed by atoms with Gasteiger partial charge in [-0.3, -0.25) is 0 Å². The summed E-state index contributed by atoms with van der Waals surface area (Å²) in [7, 11) is 0. The zero-order valence-corrected chi connectivity index (χ0v) is 36.7. The van der Waals surface area contributed by atoms with Crippen LogP contribution in [0.4, 0.5) is 17.1 Å². The molecule has 0 amide bonds. The molecule has 0 saturated heterocycles. The number of rotatable bonds is 7. The molecule has 13 rings (SSSR count). The molecule has 3 nitrogen and oxygen atoms in total. The Labute approximate surface area is 384 Å². The molecule has 0 saturated carbocycles. The Hall–Kier alpha value is -8.40. The lowest BCUT2D eigenvalue weighted by atomic mass is 9.82. The number of anilines is 3. The summed E-state index contributed by atoms with van der Waals surface area (Å²) in [6.45, 7) is 4.71. The lowest BCUT2D eigenvalue weighted by molar-refractivity contribution is 0.660. The molecule has 12 aromatic rings. The molecule has 0 aliphatic heterocycles. The van der Waals surface area contributed by atoms with Gasteiger partial charge in [0.05, 0.1) is 11.0 Å². The zero-order valence-electron chi connectivity index (χ0n) is 36.7. The van der Waals surface area contributed by atoms with Crippen LogP contribution in [-0.4, -0.2) is 4.57 Å². The van der Waals surface area contributed by atoms with Gasteiger partial charge in [0.2, 0.25) is 0 Å². The summed E-state index contributed by atoms with van der Waals surface area (Å²) in [4.78, 5) is 2.40. The van der Waals surface area contributed by atoms with Gasteiger partial charge in [0.15, 0.2) is 0 Å². The van der Waals surface area contributed by atoms with E-state index in [4.69, 9.17) is 4.42 Å². The molecule has 0 bridgehead atoms. The van der Waals surface area contributed by atoms with Crippen LogP contribution in [0.1, 0.15) is 25.0 Å². The fraction of sp³-hybridized carbons (Fsp3) is 0.0476. The normalized spacial score (nSPS) is 12.8. The van der Waals surface area contributed by atoms with Crippen molar-refractivity contribution in [2.24, 2.45) is 0 Å². The fourth-order valence-corrected chi connectivity index (χ4v) is 10.8. The largest absolute Gasteiger partial charge is 0.456 e. The number of benzene rings is 10. The highest BCUT2D eigenvalue weighted by molar-refractivity contribution is 6.15. The number of para-hydroxylation sites is 2.